The third-order valence-corrected chi connectivity index (χ3v) is 6.92. The van der Waals surface area contributed by atoms with Crippen LogP contribution in [0.5, 0.6) is 0 Å². The zero-order valence-corrected chi connectivity index (χ0v) is 18.0. The van der Waals surface area contributed by atoms with Gasteiger partial charge in [0.1, 0.15) is 5.84 Å². The number of halogens is 1. The van der Waals surface area contributed by atoms with Gasteiger partial charge in [-0.1, -0.05) is 35.5 Å². The predicted octanol–water partition coefficient (Wildman–Crippen LogP) is 3.69. The van der Waals surface area contributed by atoms with Crippen molar-refractivity contribution >= 4 is 40.8 Å². The molecule has 0 aromatic heterocycles. The Kier molecular flexibility index (Phi) is 5.88. The number of amidine groups is 1. The molecule has 1 saturated heterocycles. The maximum Gasteiger partial charge on any atom is 0.257 e. The van der Waals surface area contributed by atoms with Crippen molar-refractivity contribution in [3.63, 3.8) is 0 Å². The van der Waals surface area contributed by atoms with Crippen molar-refractivity contribution < 1.29 is 9.63 Å². The lowest BCUT2D eigenvalue weighted by Gasteiger charge is -2.22. The average molecular weight is 433 g/mol. The molecular formula is C21H25ClN4O2S. The SMILES string of the molecule is CC1(CNC(=O)C2=CCC(Cl)S2)CC(c2ccc(C(=N)N3CCCC3)cc2)=NO1. The molecule has 2 N–H and O–H groups in total. The summed E-state index contributed by atoms with van der Waals surface area (Å²) in [6, 6.07) is 7.94. The second-order valence-corrected chi connectivity index (χ2v) is 9.92. The van der Waals surface area contributed by atoms with Crippen molar-refractivity contribution in [2.24, 2.45) is 5.16 Å². The number of carbonyl (C=O) groups is 1. The number of nitrogens with one attached hydrogen (secondary N) is 2. The summed E-state index contributed by atoms with van der Waals surface area (Å²) < 4.78 is -0.0566. The van der Waals surface area contributed by atoms with Gasteiger partial charge in [0, 0.05) is 25.1 Å². The molecule has 29 heavy (non-hydrogen) atoms. The van der Waals surface area contributed by atoms with Crippen LogP contribution in [-0.2, 0) is 9.63 Å². The van der Waals surface area contributed by atoms with Gasteiger partial charge in [-0.2, -0.15) is 0 Å². The molecule has 0 aliphatic carbocycles. The van der Waals surface area contributed by atoms with Crippen LogP contribution in [-0.4, -0.2) is 52.3 Å². The number of alkyl halides is 1. The number of likely N-dealkylation sites (tertiary alicyclic amines) is 1. The largest absolute Gasteiger partial charge is 0.387 e. The summed E-state index contributed by atoms with van der Waals surface area (Å²) in [4.78, 5) is 20.7. The topological polar surface area (TPSA) is 77.8 Å². The zero-order valence-electron chi connectivity index (χ0n) is 16.4. The molecule has 2 unspecified atom stereocenters. The molecule has 154 valence electrons. The van der Waals surface area contributed by atoms with Gasteiger partial charge in [0.05, 0.1) is 21.9 Å². The highest BCUT2D eigenvalue weighted by molar-refractivity contribution is 8.05. The number of hydrogen-bond donors (Lipinski definition) is 2. The standard InChI is InChI=1S/C21H25ClN4O2S/c1-21(13-24-20(27)17-8-9-18(22)29-17)12-16(25-28-21)14-4-6-15(7-5-14)19(23)26-10-2-3-11-26/h4-8,18,23H,2-3,9-13H2,1H3,(H,24,27). The Labute approximate surface area is 180 Å². The second kappa shape index (κ2) is 8.40. The Morgan fingerprint density at radius 3 is 2.76 bits per heavy atom. The number of benzene rings is 1. The maximum absolute atomic E-state index is 12.3. The molecule has 0 bridgehead atoms. The summed E-state index contributed by atoms with van der Waals surface area (Å²) in [6.45, 7) is 4.25. The van der Waals surface area contributed by atoms with Crippen molar-refractivity contribution in [2.75, 3.05) is 19.6 Å². The van der Waals surface area contributed by atoms with Gasteiger partial charge in [0.25, 0.3) is 5.91 Å². The molecule has 1 fully saturated rings. The van der Waals surface area contributed by atoms with E-state index in [0.717, 1.165) is 42.8 Å². The molecule has 4 rings (SSSR count). The number of thioether (sulfide) groups is 1. The summed E-state index contributed by atoms with van der Waals surface area (Å²) in [7, 11) is 0. The Hall–Kier alpha value is -1.99. The molecule has 1 amide bonds. The Balaban J connectivity index is 1.32. The molecular weight excluding hydrogens is 408 g/mol. The highest BCUT2D eigenvalue weighted by Crippen LogP contribution is 2.35. The molecule has 0 spiro atoms. The lowest BCUT2D eigenvalue weighted by atomic mass is 9.95. The van der Waals surface area contributed by atoms with Crippen molar-refractivity contribution in [3.05, 3.63) is 46.4 Å². The quantitative estimate of drug-likeness (QED) is 0.422. The van der Waals surface area contributed by atoms with Gasteiger partial charge in [0.15, 0.2) is 5.60 Å². The van der Waals surface area contributed by atoms with Gasteiger partial charge in [0.2, 0.25) is 0 Å². The van der Waals surface area contributed by atoms with Gasteiger partial charge < -0.3 is 15.1 Å². The third kappa shape index (κ3) is 4.61. The van der Waals surface area contributed by atoms with Crippen LogP contribution in [0.25, 0.3) is 0 Å². The number of amides is 1. The number of oxime groups is 1. The molecule has 0 saturated carbocycles. The monoisotopic (exact) mass is 432 g/mol. The van der Waals surface area contributed by atoms with Crippen LogP contribution in [0.15, 0.2) is 40.4 Å². The average Bonchev–Trinajstić information content (AvgIpc) is 3.47. The lowest BCUT2D eigenvalue weighted by molar-refractivity contribution is -0.118. The minimum absolute atomic E-state index is 0.0566. The lowest BCUT2D eigenvalue weighted by Crippen LogP contribution is -2.41. The number of nitrogens with zero attached hydrogens (tertiary/aromatic N) is 2. The van der Waals surface area contributed by atoms with E-state index in [1.165, 1.54) is 11.8 Å². The van der Waals surface area contributed by atoms with Gasteiger partial charge in [-0.05, 0) is 31.7 Å². The van der Waals surface area contributed by atoms with E-state index in [1.54, 1.807) is 0 Å². The van der Waals surface area contributed by atoms with E-state index < -0.39 is 5.60 Å². The van der Waals surface area contributed by atoms with Gasteiger partial charge >= 0.3 is 0 Å². The summed E-state index contributed by atoms with van der Waals surface area (Å²) >= 11 is 7.42. The number of rotatable bonds is 5. The molecule has 3 heterocycles. The first-order chi connectivity index (χ1) is 13.9. The van der Waals surface area contributed by atoms with Crippen molar-refractivity contribution in [1.82, 2.24) is 10.2 Å². The Morgan fingerprint density at radius 1 is 1.38 bits per heavy atom. The highest BCUT2D eigenvalue weighted by atomic mass is 35.5. The Bertz CT molecular complexity index is 864. The fourth-order valence-corrected chi connectivity index (χ4v) is 4.93. The zero-order chi connectivity index (χ0) is 20.4. The van der Waals surface area contributed by atoms with Gasteiger partial charge in [-0.3, -0.25) is 10.2 Å². The van der Waals surface area contributed by atoms with E-state index in [1.807, 2.05) is 37.3 Å². The van der Waals surface area contributed by atoms with Crippen LogP contribution in [0.1, 0.15) is 43.7 Å². The molecule has 8 heteroatoms. The van der Waals surface area contributed by atoms with Crippen LogP contribution in [0.4, 0.5) is 0 Å². The molecule has 0 radical (unpaired) electrons. The fourth-order valence-electron chi connectivity index (χ4n) is 3.71. The van der Waals surface area contributed by atoms with Crippen molar-refractivity contribution in [2.45, 2.75) is 42.9 Å². The minimum Gasteiger partial charge on any atom is -0.387 e. The molecule has 3 aliphatic rings. The Morgan fingerprint density at radius 2 is 2.10 bits per heavy atom. The van der Waals surface area contributed by atoms with Crippen LogP contribution in [0, 0.1) is 5.41 Å². The first kappa shape index (κ1) is 20.3. The maximum atomic E-state index is 12.3. The van der Waals surface area contributed by atoms with Crippen LogP contribution in [0.2, 0.25) is 0 Å². The first-order valence-electron chi connectivity index (χ1n) is 9.92. The number of carbonyl (C=O) groups excluding carboxylic acids is 1. The normalized spacial score (nSPS) is 26.1. The van der Waals surface area contributed by atoms with E-state index in [-0.39, 0.29) is 10.6 Å². The number of allylic oxidation sites excluding steroid dienone is 1. The van der Waals surface area contributed by atoms with Gasteiger partial charge in [-0.15, -0.1) is 23.4 Å². The van der Waals surface area contributed by atoms with E-state index in [2.05, 4.69) is 15.4 Å². The van der Waals surface area contributed by atoms with E-state index >= 15 is 0 Å². The van der Waals surface area contributed by atoms with Crippen molar-refractivity contribution in [3.8, 4) is 0 Å². The van der Waals surface area contributed by atoms with Crippen LogP contribution in [0.3, 0.4) is 0 Å². The first-order valence-corrected chi connectivity index (χ1v) is 11.2. The summed E-state index contributed by atoms with van der Waals surface area (Å²) in [5, 5.41) is 15.6. The molecule has 2 atom stereocenters. The molecule has 6 nitrogen and oxygen atoms in total. The van der Waals surface area contributed by atoms with Crippen LogP contribution < -0.4 is 5.32 Å². The van der Waals surface area contributed by atoms with Crippen LogP contribution >= 0.6 is 23.4 Å². The summed E-state index contributed by atoms with van der Waals surface area (Å²) in [5.41, 5.74) is 2.19. The van der Waals surface area contributed by atoms with Gasteiger partial charge in [-0.25, -0.2) is 0 Å². The van der Waals surface area contributed by atoms with E-state index in [4.69, 9.17) is 21.8 Å². The second-order valence-electron chi connectivity index (χ2n) is 7.89. The summed E-state index contributed by atoms with van der Waals surface area (Å²) in [5.74, 6) is 0.477. The molecule has 1 aromatic carbocycles. The van der Waals surface area contributed by atoms with Crippen molar-refractivity contribution in [1.29, 1.82) is 5.41 Å². The molecule has 3 aliphatic heterocycles. The summed E-state index contributed by atoms with van der Waals surface area (Å²) in [6.07, 6.45) is 5.51. The highest BCUT2D eigenvalue weighted by Gasteiger charge is 2.36. The number of hydrogen-bond acceptors (Lipinski definition) is 5. The smallest absolute Gasteiger partial charge is 0.257 e. The van der Waals surface area contributed by atoms with E-state index in [0.29, 0.717) is 30.1 Å². The predicted molar refractivity (Wildman–Crippen MR) is 118 cm³/mol. The van der Waals surface area contributed by atoms with E-state index in [9.17, 15) is 4.79 Å². The minimum atomic E-state index is -0.573. The third-order valence-electron chi connectivity index (χ3n) is 5.42. The fraction of sp³-hybridized carbons (Fsp3) is 0.476. The molecule has 1 aromatic rings.